The smallest absolute Gasteiger partial charge is 0.165 e. The Morgan fingerprint density at radius 3 is 2.70 bits per heavy atom. The van der Waals surface area contributed by atoms with Crippen molar-refractivity contribution in [3.63, 3.8) is 0 Å². The number of rotatable bonds is 8. The summed E-state index contributed by atoms with van der Waals surface area (Å²) < 4.78 is 24.7. The molecule has 0 radical (unpaired) electrons. The molecule has 170 valence electrons. The van der Waals surface area contributed by atoms with Gasteiger partial charge in [-0.1, -0.05) is 25.4 Å². The highest BCUT2D eigenvalue weighted by atomic mass is 35.5. The zero-order valence-electron chi connectivity index (χ0n) is 18.5. The van der Waals surface area contributed by atoms with E-state index in [9.17, 15) is 4.39 Å². The molecule has 7 nitrogen and oxygen atoms in total. The van der Waals surface area contributed by atoms with Crippen molar-refractivity contribution in [3.05, 3.63) is 65.3 Å². The van der Waals surface area contributed by atoms with E-state index >= 15 is 0 Å². The fourth-order valence-electron chi connectivity index (χ4n) is 3.18. The van der Waals surface area contributed by atoms with Gasteiger partial charge in [0.05, 0.1) is 23.2 Å². The SMILES string of the molecule is COc1cc(Nc2nc(COCC(C)C)nc3nc(-c4ncccc4Cl)ccc23)ccc1F. The average Bonchev–Trinajstić information content (AvgIpc) is 2.80. The van der Waals surface area contributed by atoms with Gasteiger partial charge in [0.15, 0.2) is 23.0 Å². The lowest BCUT2D eigenvalue weighted by Gasteiger charge is -2.13. The lowest BCUT2D eigenvalue weighted by molar-refractivity contribution is 0.0925. The standard InChI is InChI=1S/C24H23ClFN5O2/c1-14(2)12-33-13-21-30-23(28-15-6-8-18(26)20(11-15)32-3)16-7-9-19(29-24(16)31-21)22-17(25)5-4-10-27-22/h4-11,14H,12-13H2,1-3H3,(H,28,29,30,31). The summed E-state index contributed by atoms with van der Waals surface area (Å²) in [6.07, 6.45) is 1.66. The first-order chi connectivity index (χ1) is 15.9. The molecule has 0 saturated heterocycles. The Kier molecular flexibility index (Phi) is 6.96. The van der Waals surface area contributed by atoms with Crippen molar-refractivity contribution in [3.8, 4) is 17.1 Å². The number of anilines is 2. The Labute approximate surface area is 196 Å². The number of fused-ring (bicyclic) bond motifs is 1. The first-order valence-electron chi connectivity index (χ1n) is 10.4. The molecule has 1 N–H and O–H groups in total. The largest absolute Gasteiger partial charge is 0.494 e. The normalized spacial score (nSPS) is 11.2. The lowest BCUT2D eigenvalue weighted by Crippen LogP contribution is -2.07. The van der Waals surface area contributed by atoms with Crippen LogP contribution in [0.1, 0.15) is 19.7 Å². The third-order valence-corrected chi connectivity index (χ3v) is 5.01. The second-order valence-corrected chi connectivity index (χ2v) is 8.18. The van der Waals surface area contributed by atoms with Crippen LogP contribution in [0.2, 0.25) is 5.02 Å². The molecule has 3 aromatic heterocycles. The van der Waals surface area contributed by atoms with Gasteiger partial charge in [0.25, 0.3) is 0 Å². The predicted molar refractivity (Wildman–Crippen MR) is 126 cm³/mol. The monoisotopic (exact) mass is 467 g/mol. The zero-order valence-corrected chi connectivity index (χ0v) is 19.2. The number of halogens is 2. The van der Waals surface area contributed by atoms with Gasteiger partial charge in [0.2, 0.25) is 0 Å². The van der Waals surface area contributed by atoms with E-state index in [0.29, 0.717) is 57.3 Å². The molecular weight excluding hydrogens is 445 g/mol. The number of benzene rings is 1. The molecule has 9 heteroatoms. The van der Waals surface area contributed by atoms with Crippen LogP contribution >= 0.6 is 11.6 Å². The summed E-state index contributed by atoms with van der Waals surface area (Å²) in [6.45, 7) is 4.95. The first-order valence-corrected chi connectivity index (χ1v) is 10.8. The van der Waals surface area contributed by atoms with Gasteiger partial charge < -0.3 is 14.8 Å². The van der Waals surface area contributed by atoms with E-state index in [1.807, 2.05) is 12.1 Å². The second kappa shape index (κ2) is 10.1. The number of nitrogens with zero attached hydrogens (tertiary/aromatic N) is 4. The van der Waals surface area contributed by atoms with Crippen molar-refractivity contribution in [1.29, 1.82) is 0 Å². The summed E-state index contributed by atoms with van der Waals surface area (Å²) in [5.74, 6) is 1.05. The fraction of sp³-hybridized carbons (Fsp3) is 0.250. The number of hydrogen-bond donors (Lipinski definition) is 1. The van der Waals surface area contributed by atoms with Crippen LogP contribution in [0, 0.1) is 11.7 Å². The molecule has 4 aromatic rings. The fourth-order valence-corrected chi connectivity index (χ4v) is 3.40. The van der Waals surface area contributed by atoms with E-state index in [1.165, 1.54) is 13.2 Å². The topological polar surface area (TPSA) is 82.0 Å². The predicted octanol–water partition coefficient (Wildman–Crippen LogP) is 5.80. The van der Waals surface area contributed by atoms with Crippen molar-refractivity contribution >= 4 is 34.1 Å². The Balaban J connectivity index is 1.77. The minimum Gasteiger partial charge on any atom is -0.494 e. The molecule has 3 heterocycles. The van der Waals surface area contributed by atoms with E-state index in [2.05, 4.69) is 39.1 Å². The molecule has 1 aromatic carbocycles. The molecule has 0 saturated carbocycles. The van der Waals surface area contributed by atoms with Crippen molar-refractivity contribution in [1.82, 2.24) is 19.9 Å². The van der Waals surface area contributed by atoms with Gasteiger partial charge in [-0.05, 0) is 42.3 Å². The highest BCUT2D eigenvalue weighted by Crippen LogP contribution is 2.30. The van der Waals surface area contributed by atoms with Crippen LogP contribution in [0.3, 0.4) is 0 Å². The number of nitrogens with one attached hydrogen (secondary N) is 1. The maximum atomic E-state index is 13.8. The quantitative estimate of drug-likeness (QED) is 0.350. The highest BCUT2D eigenvalue weighted by Gasteiger charge is 2.14. The zero-order chi connectivity index (χ0) is 23.4. The Bertz CT molecular complexity index is 1290. The van der Waals surface area contributed by atoms with Gasteiger partial charge in [-0.3, -0.25) is 4.98 Å². The molecule has 0 bridgehead atoms. The van der Waals surface area contributed by atoms with Crippen LogP contribution in [0.25, 0.3) is 22.4 Å². The van der Waals surface area contributed by atoms with Gasteiger partial charge in [-0.2, -0.15) is 0 Å². The van der Waals surface area contributed by atoms with E-state index < -0.39 is 5.82 Å². The molecule has 0 aliphatic heterocycles. The summed E-state index contributed by atoms with van der Waals surface area (Å²) in [4.78, 5) is 18.2. The van der Waals surface area contributed by atoms with Gasteiger partial charge in [0, 0.05) is 24.6 Å². The lowest BCUT2D eigenvalue weighted by atomic mass is 10.2. The first kappa shape index (κ1) is 22.8. The minimum atomic E-state index is -0.447. The van der Waals surface area contributed by atoms with Crippen LogP contribution in [0.5, 0.6) is 5.75 Å². The van der Waals surface area contributed by atoms with Crippen LogP contribution in [0.15, 0.2) is 48.7 Å². The molecule has 0 aliphatic rings. The number of aromatic nitrogens is 4. The Morgan fingerprint density at radius 1 is 1.09 bits per heavy atom. The molecular formula is C24H23ClFN5O2. The van der Waals surface area contributed by atoms with E-state index in [1.54, 1.807) is 30.5 Å². The maximum Gasteiger partial charge on any atom is 0.165 e. The molecule has 0 atom stereocenters. The molecule has 4 rings (SSSR count). The van der Waals surface area contributed by atoms with Crippen molar-refractivity contribution in [2.24, 2.45) is 5.92 Å². The second-order valence-electron chi connectivity index (χ2n) is 7.77. The van der Waals surface area contributed by atoms with Crippen LogP contribution < -0.4 is 10.1 Å². The summed E-state index contributed by atoms with van der Waals surface area (Å²) >= 11 is 6.31. The molecule has 0 spiro atoms. The number of pyridine rings is 2. The van der Waals surface area contributed by atoms with E-state index in [4.69, 9.17) is 21.1 Å². The molecule has 0 unspecified atom stereocenters. The van der Waals surface area contributed by atoms with Crippen LogP contribution in [0.4, 0.5) is 15.9 Å². The number of methoxy groups -OCH3 is 1. The maximum absolute atomic E-state index is 13.8. The summed E-state index contributed by atoms with van der Waals surface area (Å²) in [5.41, 5.74) is 2.23. The van der Waals surface area contributed by atoms with Crippen molar-refractivity contribution in [2.75, 3.05) is 19.0 Å². The highest BCUT2D eigenvalue weighted by molar-refractivity contribution is 6.32. The Morgan fingerprint density at radius 2 is 1.94 bits per heavy atom. The van der Waals surface area contributed by atoms with Gasteiger partial charge >= 0.3 is 0 Å². The molecule has 0 fully saturated rings. The third-order valence-electron chi connectivity index (χ3n) is 4.70. The van der Waals surface area contributed by atoms with E-state index in [-0.39, 0.29) is 12.4 Å². The summed E-state index contributed by atoms with van der Waals surface area (Å²) in [5, 5.41) is 4.40. The average molecular weight is 468 g/mol. The van der Waals surface area contributed by atoms with Crippen molar-refractivity contribution in [2.45, 2.75) is 20.5 Å². The van der Waals surface area contributed by atoms with Gasteiger partial charge in [-0.25, -0.2) is 19.3 Å². The molecule has 0 amide bonds. The van der Waals surface area contributed by atoms with Crippen LogP contribution in [-0.2, 0) is 11.3 Å². The van der Waals surface area contributed by atoms with Crippen LogP contribution in [-0.4, -0.2) is 33.7 Å². The number of hydrogen-bond acceptors (Lipinski definition) is 7. The minimum absolute atomic E-state index is 0.129. The Hall–Kier alpha value is -3.36. The van der Waals surface area contributed by atoms with Gasteiger partial charge in [-0.15, -0.1) is 0 Å². The van der Waals surface area contributed by atoms with Crippen molar-refractivity contribution < 1.29 is 13.9 Å². The molecule has 0 aliphatic carbocycles. The summed E-state index contributed by atoms with van der Waals surface area (Å²) in [6, 6.07) is 11.7. The number of ether oxygens (including phenoxy) is 2. The van der Waals surface area contributed by atoms with Gasteiger partial charge in [0.1, 0.15) is 18.1 Å². The third kappa shape index (κ3) is 5.35. The van der Waals surface area contributed by atoms with E-state index in [0.717, 1.165) is 0 Å². The molecule has 33 heavy (non-hydrogen) atoms. The summed E-state index contributed by atoms with van der Waals surface area (Å²) in [7, 11) is 1.42.